The molecule has 0 saturated carbocycles. The van der Waals surface area contributed by atoms with Crippen LogP contribution >= 0.6 is 24.0 Å². The average Bonchev–Trinajstić information content (AvgIpc) is 2.68. The standard InChI is InChI=1S/C22H38N4O.HI/c1-6-25(7-2)13-9-8-12-24-22(23-5)26-14-15-27-21(17-26)20-11-10-18(3)16-19(20)4;/h10-11,16,21H,6-9,12-15,17H2,1-5H3,(H,23,24);1H. The van der Waals surface area contributed by atoms with Gasteiger partial charge in [0.25, 0.3) is 0 Å². The third kappa shape index (κ3) is 7.52. The summed E-state index contributed by atoms with van der Waals surface area (Å²) in [6, 6.07) is 6.62. The Hall–Kier alpha value is -0.860. The van der Waals surface area contributed by atoms with E-state index in [4.69, 9.17) is 4.74 Å². The van der Waals surface area contributed by atoms with Gasteiger partial charge in [-0.05, 0) is 57.5 Å². The van der Waals surface area contributed by atoms with Gasteiger partial charge in [-0.2, -0.15) is 0 Å². The molecule has 1 unspecified atom stereocenters. The number of ether oxygens (including phenoxy) is 1. The summed E-state index contributed by atoms with van der Waals surface area (Å²) in [6.07, 6.45) is 2.50. The number of hydrogen-bond acceptors (Lipinski definition) is 3. The van der Waals surface area contributed by atoms with E-state index >= 15 is 0 Å². The number of nitrogens with zero attached hydrogens (tertiary/aromatic N) is 3. The first kappa shape index (κ1) is 25.2. The largest absolute Gasteiger partial charge is 0.370 e. The predicted molar refractivity (Wildman–Crippen MR) is 130 cm³/mol. The van der Waals surface area contributed by atoms with Gasteiger partial charge in [0.2, 0.25) is 0 Å². The second-order valence-corrected chi connectivity index (χ2v) is 7.37. The van der Waals surface area contributed by atoms with Gasteiger partial charge >= 0.3 is 0 Å². The van der Waals surface area contributed by atoms with E-state index in [0.717, 1.165) is 45.3 Å². The maximum atomic E-state index is 6.07. The van der Waals surface area contributed by atoms with Crippen LogP contribution < -0.4 is 5.32 Å². The predicted octanol–water partition coefficient (Wildman–Crippen LogP) is 3.99. The van der Waals surface area contributed by atoms with E-state index < -0.39 is 0 Å². The first-order chi connectivity index (χ1) is 13.1. The average molecular weight is 502 g/mol. The van der Waals surface area contributed by atoms with Crippen molar-refractivity contribution in [2.45, 2.75) is 46.6 Å². The number of hydrogen-bond donors (Lipinski definition) is 1. The normalized spacial score (nSPS) is 17.6. The highest BCUT2D eigenvalue weighted by atomic mass is 127. The topological polar surface area (TPSA) is 40.1 Å². The summed E-state index contributed by atoms with van der Waals surface area (Å²) in [6.45, 7) is 15.7. The number of aryl methyl sites for hydroxylation is 2. The Balaban J connectivity index is 0.00000392. The molecule has 1 atom stereocenters. The smallest absolute Gasteiger partial charge is 0.193 e. The Labute approximate surface area is 188 Å². The third-order valence-corrected chi connectivity index (χ3v) is 5.43. The lowest BCUT2D eigenvalue weighted by Crippen LogP contribution is -2.48. The van der Waals surface area contributed by atoms with E-state index in [1.54, 1.807) is 0 Å². The minimum absolute atomic E-state index is 0. The van der Waals surface area contributed by atoms with Crippen molar-refractivity contribution in [3.63, 3.8) is 0 Å². The fraction of sp³-hybridized carbons (Fsp3) is 0.682. The molecule has 1 fully saturated rings. The van der Waals surface area contributed by atoms with Crippen molar-refractivity contribution in [2.24, 2.45) is 4.99 Å². The number of rotatable bonds is 8. The minimum Gasteiger partial charge on any atom is -0.370 e. The number of unbranched alkanes of at least 4 members (excludes halogenated alkanes) is 1. The molecule has 1 aromatic carbocycles. The maximum absolute atomic E-state index is 6.07. The number of halogens is 1. The van der Waals surface area contributed by atoms with Crippen molar-refractivity contribution in [2.75, 3.05) is 52.9 Å². The molecule has 1 aromatic rings. The van der Waals surface area contributed by atoms with Crippen LogP contribution in [0.1, 0.15) is 49.5 Å². The Morgan fingerprint density at radius 2 is 2.00 bits per heavy atom. The zero-order chi connectivity index (χ0) is 19.6. The fourth-order valence-corrected chi connectivity index (χ4v) is 3.75. The van der Waals surface area contributed by atoms with Crippen molar-refractivity contribution in [1.29, 1.82) is 0 Å². The van der Waals surface area contributed by atoms with E-state index in [2.05, 4.69) is 66.0 Å². The van der Waals surface area contributed by atoms with Crippen LogP contribution in [0.15, 0.2) is 23.2 Å². The molecule has 160 valence electrons. The molecule has 0 aromatic heterocycles. The van der Waals surface area contributed by atoms with Crippen LogP contribution in [0.2, 0.25) is 0 Å². The van der Waals surface area contributed by atoms with Crippen molar-refractivity contribution >= 4 is 29.9 Å². The summed E-state index contributed by atoms with van der Waals surface area (Å²) in [5.41, 5.74) is 3.90. The quantitative estimate of drug-likeness (QED) is 0.253. The highest BCUT2D eigenvalue weighted by Crippen LogP contribution is 2.25. The van der Waals surface area contributed by atoms with E-state index in [1.165, 1.54) is 36.1 Å². The van der Waals surface area contributed by atoms with Crippen molar-refractivity contribution in [3.8, 4) is 0 Å². The van der Waals surface area contributed by atoms with Gasteiger partial charge in [-0.15, -0.1) is 24.0 Å². The van der Waals surface area contributed by atoms with Crippen LogP contribution in [0.5, 0.6) is 0 Å². The molecule has 0 amide bonds. The first-order valence-electron chi connectivity index (χ1n) is 10.5. The molecule has 0 radical (unpaired) electrons. The van der Waals surface area contributed by atoms with Gasteiger partial charge in [0.1, 0.15) is 6.10 Å². The third-order valence-electron chi connectivity index (χ3n) is 5.43. The van der Waals surface area contributed by atoms with Crippen LogP contribution in [0.25, 0.3) is 0 Å². The molecule has 0 spiro atoms. The SMILES string of the molecule is CCN(CC)CCCCNC(=NC)N1CCOC(c2ccc(C)cc2C)C1.I. The Bertz CT molecular complexity index is 604. The monoisotopic (exact) mass is 502 g/mol. The number of nitrogens with one attached hydrogen (secondary N) is 1. The van der Waals surface area contributed by atoms with Gasteiger partial charge in [0.15, 0.2) is 5.96 Å². The molecule has 0 bridgehead atoms. The molecule has 1 aliphatic rings. The minimum atomic E-state index is 0. The number of aliphatic imine (C=N–C) groups is 1. The molecule has 6 heteroatoms. The summed E-state index contributed by atoms with van der Waals surface area (Å²) in [4.78, 5) is 9.32. The Morgan fingerprint density at radius 3 is 2.64 bits per heavy atom. The maximum Gasteiger partial charge on any atom is 0.193 e. The molecule has 1 N–H and O–H groups in total. The lowest BCUT2D eigenvalue weighted by Gasteiger charge is -2.36. The molecule has 1 saturated heterocycles. The summed E-state index contributed by atoms with van der Waals surface area (Å²) in [5, 5.41) is 3.55. The van der Waals surface area contributed by atoms with E-state index in [-0.39, 0.29) is 30.1 Å². The molecule has 1 heterocycles. The summed E-state index contributed by atoms with van der Waals surface area (Å²) in [7, 11) is 1.87. The zero-order valence-electron chi connectivity index (χ0n) is 18.3. The zero-order valence-corrected chi connectivity index (χ0v) is 20.7. The summed E-state index contributed by atoms with van der Waals surface area (Å²) >= 11 is 0. The van der Waals surface area contributed by atoms with Crippen molar-refractivity contribution in [3.05, 3.63) is 34.9 Å². The number of guanidine groups is 1. The highest BCUT2D eigenvalue weighted by Gasteiger charge is 2.25. The lowest BCUT2D eigenvalue weighted by atomic mass is 10.00. The van der Waals surface area contributed by atoms with E-state index in [1.807, 2.05) is 7.05 Å². The molecule has 28 heavy (non-hydrogen) atoms. The van der Waals surface area contributed by atoms with Gasteiger partial charge < -0.3 is 19.9 Å². The second-order valence-electron chi connectivity index (χ2n) is 7.37. The first-order valence-corrected chi connectivity index (χ1v) is 10.5. The molecule has 5 nitrogen and oxygen atoms in total. The number of morpholine rings is 1. The van der Waals surface area contributed by atoms with Crippen molar-refractivity contribution in [1.82, 2.24) is 15.1 Å². The second kappa shape index (κ2) is 13.4. The van der Waals surface area contributed by atoms with Crippen molar-refractivity contribution < 1.29 is 4.74 Å². The van der Waals surface area contributed by atoms with Crippen LogP contribution in [0.4, 0.5) is 0 Å². The molecule has 1 aliphatic heterocycles. The van der Waals surface area contributed by atoms with Crippen LogP contribution in [-0.2, 0) is 4.74 Å². The van der Waals surface area contributed by atoms with Crippen LogP contribution in [0.3, 0.4) is 0 Å². The van der Waals surface area contributed by atoms with Gasteiger partial charge in [-0.1, -0.05) is 37.6 Å². The Kier molecular flexibility index (Phi) is 12.0. The van der Waals surface area contributed by atoms with Crippen LogP contribution in [-0.4, -0.2) is 68.7 Å². The van der Waals surface area contributed by atoms with Gasteiger partial charge in [0.05, 0.1) is 13.2 Å². The van der Waals surface area contributed by atoms with Gasteiger partial charge in [0, 0.05) is 20.1 Å². The molecule has 0 aliphatic carbocycles. The number of benzene rings is 1. The highest BCUT2D eigenvalue weighted by molar-refractivity contribution is 14.0. The van der Waals surface area contributed by atoms with E-state index in [0.29, 0.717) is 0 Å². The summed E-state index contributed by atoms with van der Waals surface area (Å²) in [5.74, 6) is 0.996. The van der Waals surface area contributed by atoms with Gasteiger partial charge in [-0.25, -0.2) is 0 Å². The lowest BCUT2D eigenvalue weighted by molar-refractivity contribution is -0.00831. The summed E-state index contributed by atoms with van der Waals surface area (Å²) < 4.78 is 6.07. The van der Waals surface area contributed by atoms with E-state index in [9.17, 15) is 0 Å². The molecule has 2 rings (SSSR count). The van der Waals surface area contributed by atoms with Gasteiger partial charge in [-0.3, -0.25) is 4.99 Å². The van der Waals surface area contributed by atoms with Crippen LogP contribution in [0, 0.1) is 13.8 Å². The Morgan fingerprint density at radius 1 is 1.25 bits per heavy atom. The fourth-order valence-electron chi connectivity index (χ4n) is 3.75. The molecular weight excluding hydrogens is 463 g/mol. The molecular formula is C22H39IN4O.